The van der Waals surface area contributed by atoms with E-state index < -0.39 is 0 Å². The second-order valence-corrected chi connectivity index (χ2v) is 6.63. The van der Waals surface area contributed by atoms with E-state index in [4.69, 9.17) is 0 Å². The van der Waals surface area contributed by atoms with Crippen molar-refractivity contribution in [2.45, 2.75) is 13.3 Å². The number of aryl methyl sites for hydroxylation is 1. The van der Waals surface area contributed by atoms with E-state index in [2.05, 4.69) is 67.9 Å². The first-order valence-electron chi connectivity index (χ1n) is 9.30. The first-order valence-corrected chi connectivity index (χ1v) is 9.30. The Morgan fingerprint density at radius 1 is 1.19 bits per heavy atom. The summed E-state index contributed by atoms with van der Waals surface area (Å²) in [7, 11) is 2.15. The van der Waals surface area contributed by atoms with Crippen molar-refractivity contribution >= 4 is 24.1 Å². The molecule has 2 aromatic rings. The van der Waals surface area contributed by atoms with E-state index in [9.17, 15) is 0 Å². The highest BCUT2D eigenvalue weighted by Crippen LogP contribution is 2.19. The lowest BCUT2D eigenvalue weighted by atomic mass is 10.1. The predicted molar refractivity (Wildman–Crippen MR) is 111 cm³/mol. The van der Waals surface area contributed by atoms with E-state index in [1.807, 2.05) is 12.1 Å². The van der Waals surface area contributed by atoms with Crippen molar-refractivity contribution in [1.29, 1.82) is 0 Å². The zero-order chi connectivity index (χ0) is 19.1. The number of hydrogen-bond donors (Lipinski definition) is 1. The molecule has 1 N–H and O–H groups in total. The number of nitrogens with one attached hydrogen (secondary N) is 1. The second-order valence-electron chi connectivity index (χ2n) is 6.63. The number of aromatic nitrogens is 2. The third kappa shape index (κ3) is 5.18. The zero-order valence-electron chi connectivity index (χ0n) is 16.1. The van der Waals surface area contributed by atoms with Crippen molar-refractivity contribution in [3.8, 4) is 0 Å². The minimum absolute atomic E-state index is 0.470. The Kier molecular flexibility index (Phi) is 6.62. The van der Waals surface area contributed by atoms with Gasteiger partial charge in [0.25, 0.3) is 0 Å². The summed E-state index contributed by atoms with van der Waals surface area (Å²) >= 11 is 0. The molecule has 0 bridgehead atoms. The highest BCUT2D eigenvalue weighted by atomic mass is 15.3. The van der Waals surface area contributed by atoms with Crippen LogP contribution in [0.1, 0.15) is 18.2 Å². The van der Waals surface area contributed by atoms with E-state index in [0.29, 0.717) is 17.3 Å². The van der Waals surface area contributed by atoms with E-state index in [1.165, 1.54) is 5.56 Å². The first kappa shape index (κ1) is 19.1. The van der Waals surface area contributed by atoms with Gasteiger partial charge in [0.2, 0.25) is 0 Å². The molecular weight excluding hydrogens is 338 g/mol. The number of anilines is 1. The van der Waals surface area contributed by atoms with Gasteiger partial charge < -0.3 is 10.2 Å². The Balaban J connectivity index is 1.78. The molecule has 7 heteroatoms. The number of rotatable bonds is 6. The molecule has 142 valence electrons. The van der Waals surface area contributed by atoms with Crippen molar-refractivity contribution in [2.24, 2.45) is 9.98 Å². The van der Waals surface area contributed by atoms with Crippen LogP contribution in [-0.2, 0) is 6.42 Å². The zero-order valence-corrected chi connectivity index (χ0v) is 16.1. The van der Waals surface area contributed by atoms with Crippen LogP contribution in [0.15, 0.2) is 46.6 Å². The lowest BCUT2D eigenvalue weighted by Gasteiger charge is -2.32. The molecule has 0 aliphatic carbocycles. The van der Waals surface area contributed by atoms with Crippen LogP contribution in [0.5, 0.6) is 0 Å². The average molecular weight is 365 g/mol. The maximum Gasteiger partial charge on any atom is 0.181 e. The number of piperazine rings is 1. The second kappa shape index (κ2) is 9.34. The fourth-order valence-corrected chi connectivity index (χ4v) is 2.96. The molecule has 1 aromatic heterocycles. The van der Waals surface area contributed by atoms with Crippen LogP contribution in [-0.4, -0.2) is 72.2 Å². The van der Waals surface area contributed by atoms with Crippen molar-refractivity contribution in [2.75, 3.05) is 45.2 Å². The number of nitrogens with zero attached hydrogens (tertiary/aromatic N) is 6. The van der Waals surface area contributed by atoms with E-state index in [1.54, 1.807) is 12.4 Å². The van der Waals surface area contributed by atoms with Gasteiger partial charge in [-0.3, -0.25) is 4.90 Å². The Labute approximate surface area is 160 Å². The maximum absolute atomic E-state index is 4.65. The summed E-state index contributed by atoms with van der Waals surface area (Å²) in [5.41, 5.74) is 2.68. The highest BCUT2D eigenvalue weighted by molar-refractivity contribution is 6.04. The van der Waals surface area contributed by atoms with Crippen molar-refractivity contribution in [3.05, 3.63) is 47.9 Å². The van der Waals surface area contributed by atoms with Crippen LogP contribution in [0.4, 0.5) is 11.5 Å². The maximum atomic E-state index is 4.65. The number of amidine groups is 1. The SMILES string of the molecule is C=NC(=Nc1cccc(CC)c1)c1nccnc1NCN1CCN(C)CC1. The quantitative estimate of drug-likeness (QED) is 0.629. The summed E-state index contributed by atoms with van der Waals surface area (Å²) < 4.78 is 0. The van der Waals surface area contributed by atoms with Crippen LogP contribution in [0.3, 0.4) is 0 Å². The summed E-state index contributed by atoms with van der Waals surface area (Å²) in [5, 5.41) is 3.39. The number of benzene rings is 1. The molecule has 0 amide bonds. The summed E-state index contributed by atoms with van der Waals surface area (Å²) in [6, 6.07) is 8.10. The van der Waals surface area contributed by atoms with Crippen LogP contribution < -0.4 is 5.32 Å². The Morgan fingerprint density at radius 2 is 1.96 bits per heavy atom. The fraction of sp³-hybridized carbons (Fsp3) is 0.400. The highest BCUT2D eigenvalue weighted by Gasteiger charge is 2.16. The fourth-order valence-electron chi connectivity index (χ4n) is 2.96. The van der Waals surface area contributed by atoms with Gasteiger partial charge in [0.1, 0.15) is 5.69 Å². The molecule has 1 fully saturated rings. The minimum atomic E-state index is 0.470. The Bertz CT molecular complexity index is 794. The molecule has 7 nitrogen and oxygen atoms in total. The molecule has 27 heavy (non-hydrogen) atoms. The van der Waals surface area contributed by atoms with Gasteiger partial charge in [0.15, 0.2) is 11.7 Å². The van der Waals surface area contributed by atoms with Gasteiger partial charge >= 0.3 is 0 Å². The largest absolute Gasteiger partial charge is 0.355 e. The standard InChI is InChI=1S/C20H27N7/c1-4-16-6-5-7-17(14-16)25-19(21-2)18-20(23-9-8-22-18)24-15-27-12-10-26(3)11-13-27/h5-9,14H,2,4,10-13,15H2,1,3H3,(H,23,24). The molecule has 1 aromatic carbocycles. The smallest absolute Gasteiger partial charge is 0.181 e. The van der Waals surface area contributed by atoms with Crippen molar-refractivity contribution in [1.82, 2.24) is 19.8 Å². The molecule has 1 aliphatic heterocycles. The molecular formula is C20H27N7. The lowest BCUT2D eigenvalue weighted by Crippen LogP contribution is -2.46. The molecule has 0 atom stereocenters. The van der Waals surface area contributed by atoms with Crippen molar-refractivity contribution in [3.63, 3.8) is 0 Å². The van der Waals surface area contributed by atoms with Crippen LogP contribution >= 0.6 is 0 Å². The molecule has 0 radical (unpaired) electrons. The minimum Gasteiger partial charge on any atom is -0.355 e. The molecule has 1 saturated heterocycles. The molecule has 0 spiro atoms. The van der Waals surface area contributed by atoms with Crippen LogP contribution in [0.25, 0.3) is 0 Å². The van der Waals surface area contributed by atoms with Gasteiger partial charge in [-0.05, 0) is 37.9 Å². The molecule has 3 rings (SSSR count). The topological polar surface area (TPSA) is 69.0 Å². The summed E-state index contributed by atoms with van der Waals surface area (Å²) in [5.74, 6) is 1.14. The van der Waals surface area contributed by atoms with E-state index in [-0.39, 0.29) is 0 Å². The van der Waals surface area contributed by atoms with Gasteiger partial charge in [0.05, 0.1) is 12.4 Å². The van der Waals surface area contributed by atoms with Gasteiger partial charge in [-0.15, -0.1) is 0 Å². The lowest BCUT2D eigenvalue weighted by molar-refractivity contribution is 0.162. The molecule has 0 unspecified atom stereocenters. The van der Waals surface area contributed by atoms with Gasteiger partial charge in [0, 0.05) is 38.6 Å². The molecule has 0 saturated carbocycles. The van der Waals surface area contributed by atoms with E-state index >= 15 is 0 Å². The summed E-state index contributed by atoms with van der Waals surface area (Å²) in [6.07, 6.45) is 4.29. The van der Waals surface area contributed by atoms with Gasteiger partial charge in [-0.2, -0.15) is 0 Å². The number of hydrogen-bond acceptors (Lipinski definition) is 6. The Hall–Kier alpha value is -2.64. The number of likely N-dealkylation sites (N-methyl/N-ethyl adjacent to an activating group) is 1. The summed E-state index contributed by atoms with van der Waals surface area (Å²) in [6.45, 7) is 10.7. The monoisotopic (exact) mass is 365 g/mol. The number of aliphatic imine (C=N–C) groups is 2. The van der Waals surface area contributed by atoms with Crippen LogP contribution in [0.2, 0.25) is 0 Å². The van der Waals surface area contributed by atoms with Crippen molar-refractivity contribution < 1.29 is 0 Å². The molecule has 2 heterocycles. The summed E-state index contributed by atoms with van der Waals surface area (Å²) in [4.78, 5) is 22.3. The van der Waals surface area contributed by atoms with Crippen LogP contribution in [0, 0.1) is 0 Å². The Morgan fingerprint density at radius 3 is 2.70 bits per heavy atom. The van der Waals surface area contributed by atoms with Gasteiger partial charge in [-0.25, -0.2) is 20.0 Å². The first-order chi connectivity index (χ1) is 13.2. The molecule has 1 aliphatic rings. The predicted octanol–water partition coefficient (Wildman–Crippen LogP) is 2.43. The average Bonchev–Trinajstić information content (AvgIpc) is 2.72. The third-order valence-electron chi connectivity index (χ3n) is 4.68. The van der Waals surface area contributed by atoms with E-state index in [0.717, 1.165) is 45.0 Å². The third-order valence-corrected chi connectivity index (χ3v) is 4.68. The normalized spacial score (nSPS) is 16.3. The van der Waals surface area contributed by atoms with Gasteiger partial charge in [-0.1, -0.05) is 19.1 Å².